The van der Waals surface area contributed by atoms with Crippen molar-refractivity contribution in [3.63, 3.8) is 0 Å². The summed E-state index contributed by atoms with van der Waals surface area (Å²) < 4.78 is 7.03. The Bertz CT molecular complexity index is 1810. The van der Waals surface area contributed by atoms with E-state index in [1.165, 1.54) is 0 Å². The van der Waals surface area contributed by atoms with Gasteiger partial charge >= 0.3 is 0 Å². The summed E-state index contributed by atoms with van der Waals surface area (Å²) in [7, 11) is 0. The summed E-state index contributed by atoms with van der Waals surface area (Å²) in [6, 6.07) is 31.9. The topological polar surface area (TPSA) is 75.2 Å². The van der Waals surface area contributed by atoms with E-state index < -0.39 is 17.1 Å². The van der Waals surface area contributed by atoms with Crippen LogP contribution in [0.2, 0.25) is 0 Å². The van der Waals surface area contributed by atoms with Gasteiger partial charge in [0.1, 0.15) is 11.6 Å². The van der Waals surface area contributed by atoms with Crippen molar-refractivity contribution in [1.29, 1.82) is 0 Å². The number of fused-ring (bicyclic) bond motifs is 5. The number of aromatic amines is 1. The molecule has 1 aliphatic carbocycles. The first-order valence-corrected chi connectivity index (χ1v) is 13.7. The van der Waals surface area contributed by atoms with E-state index in [0.717, 1.165) is 33.4 Å². The molecule has 5 heteroatoms. The molecule has 0 amide bonds. The molecule has 5 nitrogen and oxygen atoms in total. The van der Waals surface area contributed by atoms with Gasteiger partial charge in [-0.2, -0.15) is 0 Å². The van der Waals surface area contributed by atoms with E-state index in [0.29, 0.717) is 34.8 Å². The van der Waals surface area contributed by atoms with Gasteiger partial charge in [0.15, 0.2) is 11.2 Å². The van der Waals surface area contributed by atoms with Crippen molar-refractivity contribution in [3.8, 4) is 5.75 Å². The van der Waals surface area contributed by atoms with Gasteiger partial charge in [-0.1, -0.05) is 96.6 Å². The maximum Gasteiger partial charge on any atom is 0.255 e. The fourth-order valence-electron chi connectivity index (χ4n) is 6.90. The summed E-state index contributed by atoms with van der Waals surface area (Å²) in [6.07, 6.45) is 0.438. The number of ether oxygens (including phenoxy) is 1. The average Bonchev–Trinajstić information content (AvgIpc) is 3.33. The lowest BCUT2D eigenvalue weighted by Crippen LogP contribution is -2.49. The summed E-state index contributed by atoms with van der Waals surface area (Å²) in [5.41, 5.74) is 3.91. The van der Waals surface area contributed by atoms with Gasteiger partial charge in [-0.15, -0.1) is 0 Å². The Balaban J connectivity index is 1.59. The molecule has 0 saturated heterocycles. The van der Waals surface area contributed by atoms with Gasteiger partial charge in [0, 0.05) is 17.5 Å². The Morgan fingerprint density at radius 3 is 2.25 bits per heavy atom. The number of H-pyrrole nitrogens is 1. The lowest BCUT2D eigenvalue weighted by atomic mass is 9.69. The molecule has 7 rings (SSSR count). The van der Waals surface area contributed by atoms with Crippen molar-refractivity contribution in [1.82, 2.24) is 9.97 Å². The second-order valence-electron chi connectivity index (χ2n) is 11.2. The quantitative estimate of drug-likeness (QED) is 0.303. The van der Waals surface area contributed by atoms with Crippen LogP contribution in [0, 0.1) is 20.8 Å². The molecule has 0 fully saturated rings. The van der Waals surface area contributed by atoms with Gasteiger partial charge in [0.2, 0.25) is 0 Å². The summed E-state index contributed by atoms with van der Waals surface area (Å²) >= 11 is 0. The minimum atomic E-state index is -1.70. The number of aryl methyl sites for hydroxylation is 3. The van der Waals surface area contributed by atoms with Gasteiger partial charge in [-0.05, 0) is 49.1 Å². The molecule has 0 unspecified atom stereocenters. The van der Waals surface area contributed by atoms with Crippen LogP contribution in [-0.2, 0) is 17.6 Å². The van der Waals surface area contributed by atoms with Crippen LogP contribution in [0.3, 0.4) is 0 Å². The highest BCUT2D eigenvalue weighted by atomic mass is 16.5. The van der Waals surface area contributed by atoms with Crippen LogP contribution in [0.1, 0.15) is 61.9 Å². The first kappa shape index (κ1) is 24.6. The predicted molar refractivity (Wildman–Crippen MR) is 155 cm³/mol. The predicted octanol–water partition coefficient (Wildman–Crippen LogP) is 5.96. The molecule has 5 aromatic rings. The smallest absolute Gasteiger partial charge is 0.255 e. The lowest BCUT2D eigenvalue weighted by Gasteiger charge is -2.40. The van der Waals surface area contributed by atoms with E-state index in [4.69, 9.17) is 9.72 Å². The van der Waals surface area contributed by atoms with Gasteiger partial charge in [-0.3, -0.25) is 4.79 Å². The van der Waals surface area contributed by atoms with E-state index in [2.05, 4.69) is 11.1 Å². The molecule has 0 bridgehead atoms. The number of hydrogen-bond acceptors (Lipinski definition) is 4. The van der Waals surface area contributed by atoms with E-state index in [-0.39, 0.29) is 5.56 Å². The molecule has 2 heterocycles. The molecular weight excluding hydrogens is 496 g/mol. The average molecular weight is 527 g/mol. The molecule has 0 spiro atoms. The Hall–Kier alpha value is -4.48. The molecule has 1 aliphatic heterocycles. The largest absolute Gasteiger partial charge is 0.477 e. The zero-order chi connectivity index (χ0) is 27.6. The highest BCUT2D eigenvalue weighted by Crippen LogP contribution is 2.68. The summed E-state index contributed by atoms with van der Waals surface area (Å²) in [4.78, 5) is 22.2. The van der Waals surface area contributed by atoms with Crippen LogP contribution >= 0.6 is 0 Å². The third-order valence-electron chi connectivity index (χ3n) is 8.48. The van der Waals surface area contributed by atoms with Crippen molar-refractivity contribution in [2.75, 3.05) is 0 Å². The minimum Gasteiger partial charge on any atom is -0.477 e. The number of aliphatic hydroxyl groups is 1. The van der Waals surface area contributed by atoms with Crippen LogP contribution in [0.5, 0.6) is 5.75 Å². The zero-order valence-electron chi connectivity index (χ0n) is 22.7. The van der Waals surface area contributed by atoms with E-state index in [1.807, 2.05) is 112 Å². The summed E-state index contributed by atoms with van der Waals surface area (Å²) in [5.74, 6) is 0.525. The molecular formula is C35H30N2O3. The Morgan fingerprint density at radius 1 is 0.875 bits per heavy atom. The number of nitrogens with one attached hydrogen (secondary N) is 1. The third-order valence-corrected chi connectivity index (χ3v) is 8.48. The monoisotopic (exact) mass is 526 g/mol. The van der Waals surface area contributed by atoms with Gasteiger partial charge < -0.3 is 14.8 Å². The Kier molecular flexibility index (Phi) is 5.38. The van der Waals surface area contributed by atoms with Gasteiger partial charge in [0.05, 0.1) is 17.2 Å². The molecule has 198 valence electrons. The molecule has 2 N–H and O–H groups in total. The van der Waals surface area contributed by atoms with Crippen molar-refractivity contribution in [3.05, 3.63) is 163 Å². The van der Waals surface area contributed by atoms with E-state index >= 15 is 0 Å². The molecule has 40 heavy (non-hydrogen) atoms. The second-order valence-corrected chi connectivity index (χ2v) is 11.2. The van der Waals surface area contributed by atoms with Gasteiger partial charge in [0.25, 0.3) is 5.56 Å². The first-order chi connectivity index (χ1) is 19.3. The van der Waals surface area contributed by atoms with Crippen LogP contribution in [0.15, 0.2) is 102 Å². The minimum absolute atomic E-state index is 0.256. The van der Waals surface area contributed by atoms with Crippen molar-refractivity contribution >= 4 is 0 Å². The number of rotatable bonds is 4. The maximum atomic E-state index is 14.1. The number of aromatic nitrogens is 2. The first-order valence-electron chi connectivity index (χ1n) is 13.7. The van der Waals surface area contributed by atoms with E-state index in [9.17, 15) is 9.90 Å². The highest BCUT2D eigenvalue weighted by molar-refractivity contribution is 5.66. The van der Waals surface area contributed by atoms with Crippen molar-refractivity contribution < 1.29 is 9.84 Å². The maximum absolute atomic E-state index is 14.1. The second kappa shape index (κ2) is 8.77. The summed E-state index contributed by atoms with van der Waals surface area (Å²) in [5, 5.41) is 13.3. The fraction of sp³-hybridized carbons (Fsp3) is 0.200. The standard InChI is InChI=1S/C35H30N2O3/c1-21-14-16-26(17-15-21)35-31(25-12-8-5-9-13-25)29-32(34(35,39)30-23(3)18-22(2)19-27(30)40-35)36-28(37-33(29)38)20-24-10-6-4-7-11-24/h4-19,31,39H,20H2,1-3H3,(H,36,37,38)/t31-,34+,35+/m1/s1. The van der Waals surface area contributed by atoms with Crippen molar-refractivity contribution in [2.24, 2.45) is 0 Å². The fourth-order valence-corrected chi connectivity index (χ4v) is 6.90. The highest BCUT2D eigenvalue weighted by Gasteiger charge is 2.73. The number of hydrogen-bond donors (Lipinski definition) is 2. The molecule has 2 aliphatic rings. The molecule has 4 aromatic carbocycles. The molecule has 0 saturated carbocycles. The van der Waals surface area contributed by atoms with E-state index in [1.54, 1.807) is 0 Å². The number of benzene rings is 4. The van der Waals surface area contributed by atoms with Crippen molar-refractivity contribution in [2.45, 2.75) is 44.3 Å². The van der Waals surface area contributed by atoms with Crippen LogP contribution in [0.25, 0.3) is 0 Å². The Morgan fingerprint density at radius 2 is 1.55 bits per heavy atom. The number of nitrogens with zero attached hydrogens (tertiary/aromatic N) is 1. The normalized spacial score (nSPS) is 22.4. The Labute approximate surface area is 233 Å². The molecule has 1 aromatic heterocycles. The van der Waals surface area contributed by atoms with Crippen LogP contribution < -0.4 is 10.3 Å². The molecule has 0 radical (unpaired) electrons. The summed E-state index contributed by atoms with van der Waals surface area (Å²) in [6.45, 7) is 6.05. The SMILES string of the molecule is Cc1ccc([C@@]23Oc4cc(C)cc(C)c4[C@]2(O)c2nc(Cc4ccccc4)[nH]c(=O)c2[C@H]3c2ccccc2)cc1. The van der Waals surface area contributed by atoms with Gasteiger partial charge in [-0.25, -0.2) is 4.98 Å². The van der Waals surface area contributed by atoms with Crippen LogP contribution in [-0.4, -0.2) is 15.1 Å². The lowest BCUT2D eigenvalue weighted by molar-refractivity contribution is -0.0906. The van der Waals surface area contributed by atoms with Crippen LogP contribution in [0.4, 0.5) is 0 Å². The zero-order valence-corrected chi connectivity index (χ0v) is 22.7. The third kappa shape index (κ3) is 3.31. The molecule has 3 atom stereocenters.